The Hall–Kier alpha value is -1.79. The van der Waals surface area contributed by atoms with E-state index in [1.807, 2.05) is 6.92 Å². The Morgan fingerprint density at radius 1 is 1.19 bits per heavy atom. The van der Waals surface area contributed by atoms with Crippen LogP contribution in [-0.4, -0.2) is 18.2 Å². The third kappa shape index (κ3) is 3.46. The Balaban J connectivity index is 3.29. The zero-order valence-electron chi connectivity index (χ0n) is 11.9. The van der Waals surface area contributed by atoms with Crippen LogP contribution in [0.15, 0.2) is 24.3 Å². The van der Waals surface area contributed by atoms with Gasteiger partial charge in [-0.1, -0.05) is 19.8 Å². The molecule has 1 atom stereocenters. The molecule has 0 aliphatic heterocycles. The highest BCUT2D eigenvalue weighted by Crippen LogP contribution is 2.45. The third-order valence-electron chi connectivity index (χ3n) is 3.49. The Morgan fingerprint density at radius 2 is 1.76 bits per heavy atom. The van der Waals surface area contributed by atoms with Crippen molar-refractivity contribution in [1.82, 2.24) is 0 Å². The Labute approximate surface area is 121 Å². The molecule has 21 heavy (non-hydrogen) atoms. The number of ether oxygens (including phenoxy) is 1. The van der Waals surface area contributed by atoms with Crippen LogP contribution in [0.2, 0.25) is 0 Å². The number of unbranched alkanes of at least 4 members (excludes halogenated alkanes) is 2. The van der Waals surface area contributed by atoms with Crippen molar-refractivity contribution in [2.24, 2.45) is 0 Å². The molecule has 0 fully saturated rings. The van der Waals surface area contributed by atoms with Gasteiger partial charge in [0.05, 0.1) is 7.11 Å². The van der Waals surface area contributed by atoms with Gasteiger partial charge in [-0.15, -0.1) is 0 Å². The average Bonchev–Trinajstić information content (AvgIpc) is 2.42. The largest absolute Gasteiger partial charge is 0.497 e. The molecule has 0 radical (unpaired) electrons. The zero-order chi connectivity index (χ0) is 16.1. The molecule has 1 unspecified atom stereocenters. The number of nitro groups is 1. The molecule has 0 N–H and O–H groups in total. The fourth-order valence-electron chi connectivity index (χ4n) is 2.25. The fraction of sp³-hybridized carbons (Fsp3) is 0.571. The lowest BCUT2D eigenvalue weighted by atomic mass is 9.84. The number of halogens is 3. The minimum Gasteiger partial charge on any atom is -0.497 e. The number of rotatable bonds is 7. The minimum absolute atomic E-state index is 0.142. The van der Waals surface area contributed by atoms with Gasteiger partial charge in [-0.3, -0.25) is 10.1 Å². The van der Waals surface area contributed by atoms with Crippen molar-refractivity contribution in [3.05, 3.63) is 39.9 Å². The van der Waals surface area contributed by atoms with Gasteiger partial charge < -0.3 is 4.74 Å². The zero-order valence-corrected chi connectivity index (χ0v) is 11.9. The first kappa shape index (κ1) is 17.3. The van der Waals surface area contributed by atoms with E-state index >= 15 is 0 Å². The van der Waals surface area contributed by atoms with E-state index in [0.29, 0.717) is 18.6 Å². The van der Waals surface area contributed by atoms with Crippen molar-refractivity contribution >= 4 is 0 Å². The Morgan fingerprint density at radius 3 is 2.14 bits per heavy atom. The van der Waals surface area contributed by atoms with Crippen molar-refractivity contribution in [2.45, 2.75) is 44.3 Å². The van der Waals surface area contributed by atoms with Crippen LogP contribution in [0.25, 0.3) is 0 Å². The van der Waals surface area contributed by atoms with E-state index in [0.717, 1.165) is 12.1 Å². The second-order valence-corrected chi connectivity index (χ2v) is 4.80. The van der Waals surface area contributed by atoms with E-state index in [2.05, 4.69) is 0 Å². The van der Waals surface area contributed by atoms with Gasteiger partial charge in [-0.05, 0) is 30.7 Å². The third-order valence-corrected chi connectivity index (χ3v) is 3.49. The lowest BCUT2D eigenvalue weighted by Crippen LogP contribution is -2.49. The highest BCUT2D eigenvalue weighted by molar-refractivity contribution is 5.32. The lowest BCUT2D eigenvalue weighted by Gasteiger charge is -2.28. The first-order valence-electron chi connectivity index (χ1n) is 6.65. The van der Waals surface area contributed by atoms with Crippen LogP contribution in [0.1, 0.15) is 38.2 Å². The number of nitrogens with zero attached hydrogens (tertiary/aromatic N) is 1. The van der Waals surface area contributed by atoms with E-state index in [4.69, 9.17) is 4.74 Å². The highest BCUT2D eigenvalue weighted by atomic mass is 19.4. The van der Waals surface area contributed by atoms with Gasteiger partial charge in [0.25, 0.3) is 0 Å². The number of alkyl halides is 3. The molecule has 0 saturated heterocycles. The summed E-state index contributed by atoms with van der Waals surface area (Å²) in [4.78, 5) is 10.1. The van der Waals surface area contributed by atoms with Gasteiger partial charge in [-0.2, -0.15) is 13.2 Å². The predicted octanol–water partition coefficient (Wildman–Crippen LogP) is 4.31. The van der Waals surface area contributed by atoms with Crippen LogP contribution < -0.4 is 4.74 Å². The second-order valence-electron chi connectivity index (χ2n) is 4.80. The van der Waals surface area contributed by atoms with E-state index in [1.165, 1.54) is 19.2 Å². The summed E-state index contributed by atoms with van der Waals surface area (Å²) in [5.41, 5.74) is -3.43. The van der Waals surface area contributed by atoms with Gasteiger partial charge in [0.1, 0.15) is 5.75 Å². The molecule has 0 bridgehead atoms. The molecule has 0 aromatic heterocycles. The molecule has 0 heterocycles. The maximum Gasteiger partial charge on any atom is 0.465 e. The molecular formula is C14H18F3NO3. The van der Waals surface area contributed by atoms with Gasteiger partial charge >= 0.3 is 11.7 Å². The summed E-state index contributed by atoms with van der Waals surface area (Å²) in [7, 11) is 1.38. The van der Waals surface area contributed by atoms with Crippen molar-refractivity contribution < 1.29 is 22.8 Å². The number of methoxy groups -OCH3 is 1. The molecular weight excluding hydrogens is 287 g/mol. The highest BCUT2D eigenvalue weighted by Gasteiger charge is 2.66. The lowest BCUT2D eigenvalue weighted by molar-refractivity contribution is -0.625. The molecule has 1 rings (SSSR count). The van der Waals surface area contributed by atoms with E-state index in [9.17, 15) is 23.3 Å². The first-order valence-corrected chi connectivity index (χ1v) is 6.65. The molecule has 118 valence electrons. The monoisotopic (exact) mass is 305 g/mol. The van der Waals surface area contributed by atoms with E-state index in [1.54, 1.807) is 0 Å². The summed E-state index contributed by atoms with van der Waals surface area (Å²) in [5, 5.41) is 11.3. The smallest absolute Gasteiger partial charge is 0.465 e. The minimum atomic E-state index is -4.96. The van der Waals surface area contributed by atoms with Crippen LogP contribution in [0.4, 0.5) is 13.2 Å². The van der Waals surface area contributed by atoms with E-state index < -0.39 is 23.1 Å². The average molecular weight is 305 g/mol. The van der Waals surface area contributed by atoms with Gasteiger partial charge in [-0.25, -0.2) is 0 Å². The molecule has 1 aromatic carbocycles. The molecule has 4 nitrogen and oxygen atoms in total. The predicted molar refractivity (Wildman–Crippen MR) is 71.9 cm³/mol. The fourth-order valence-corrected chi connectivity index (χ4v) is 2.25. The van der Waals surface area contributed by atoms with Crippen molar-refractivity contribution in [3.63, 3.8) is 0 Å². The number of benzene rings is 1. The van der Waals surface area contributed by atoms with Crippen LogP contribution in [0, 0.1) is 10.1 Å². The summed E-state index contributed by atoms with van der Waals surface area (Å²) in [6, 6.07) is 4.83. The van der Waals surface area contributed by atoms with Gasteiger partial charge in [0, 0.05) is 16.9 Å². The van der Waals surface area contributed by atoms with Crippen molar-refractivity contribution in [2.75, 3.05) is 7.11 Å². The summed E-state index contributed by atoms with van der Waals surface area (Å²) < 4.78 is 45.2. The normalized spacial score (nSPS) is 14.5. The SMILES string of the molecule is CCCCCC(c1ccc(OC)cc1)([N+](=O)[O-])C(F)(F)F. The molecule has 0 spiro atoms. The number of hydrogen-bond acceptors (Lipinski definition) is 3. The summed E-state index contributed by atoms with van der Waals surface area (Å²) in [5.74, 6) is 0.353. The van der Waals surface area contributed by atoms with Crippen molar-refractivity contribution in [3.8, 4) is 5.75 Å². The topological polar surface area (TPSA) is 52.4 Å². The molecule has 7 heteroatoms. The van der Waals surface area contributed by atoms with Crippen LogP contribution in [0.3, 0.4) is 0 Å². The molecule has 0 aliphatic rings. The molecule has 0 amide bonds. The maximum absolute atomic E-state index is 13.4. The van der Waals surface area contributed by atoms with Crippen LogP contribution in [-0.2, 0) is 5.54 Å². The summed E-state index contributed by atoms with van der Waals surface area (Å²) in [6.45, 7) is 1.83. The Bertz CT molecular complexity index is 473. The van der Waals surface area contributed by atoms with Crippen LogP contribution >= 0.6 is 0 Å². The van der Waals surface area contributed by atoms with Crippen LogP contribution in [0.5, 0.6) is 5.75 Å². The summed E-state index contributed by atoms with van der Waals surface area (Å²) >= 11 is 0. The first-order chi connectivity index (χ1) is 9.79. The standard InChI is InChI=1S/C14H18F3NO3/c1-3-4-5-10-13(18(19)20,14(15,16)17)11-6-8-12(21-2)9-7-11/h6-9H,3-5,10H2,1-2H3. The maximum atomic E-state index is 13.4. The molecule has 0 aliphatic carbocycles. The van der Waals surface area contributed by atoms with E-state index in [-0.39, 0.29) is 12.0 Å². The molecule has 1 aromatic rings. The quantitative estimate of drug-likeness (QED) is 0.428. The van der Waals surface area contributed by atoms with Crippen molar-refractivity contribution in [1.29, 1.82) is 0 Å². The summed E-state index contributed by atoms with van der Waals surface area (Å²) in [6.07, 6.45) is -4.18. The molecule has 0 saturated carbocycles. The van der Waals surface area contributed by atoms with Gasteiger partial charge in [0.15, 0.2) is 0 Å². The van der Waals surface area contributed by atoms with Gasteiger partial charge in [0.2, 0.25) is 0 Å². The Kier molecular flexibility index (Phi) is 5.57. The second kappa shape index (κ2) is 6.78. The number of hydrogen-bond donors (Lipinski definition) is 0.